The van der Waals surface area contributed by atoms with Crippen LogP contribution in [0.15, 0.2) is 18.2 Å². The predicted octanol–water partition coefficient (Wildman–Crippen LogP) is 3.45. The fourth-order valence-electron chi connectivity index (χ4n) is 1.67. The lowest BCUT2D eigenvalue weighted by atomic mass is 10.1. The second kappa shape index (κ2) is 6.29. The second-order valence-corrected chi connectivity index (χ2v) is 4.53. The van der Waals surface area contributed by atoms with Gasteiger partial charge in [-0.15, -0.1) is 0 Å². The summed E-state index contributed by atoms with van der Waals surface area (Å²) >= 11 is 5.88. The first-order chi connectivity index (χ1) is 8.33. The van der Waals surface area contributed by atoms with Gasteiger partial charge in [-0.3, -0.25) is 0 Å². The number of hydrogen-bond donors (Lipinski definition) is 1. The molecule has 2 nitrogen and oxygen atoms in total. The van der Waals surface area contributed by atoms with Crippen LogP contribution in [0.1, 0.15) is 12.0 Å². The van der Waals surface area contributed by atoms with E-state index in [1.807, 2.05) is 0 Å². The normalized spacial score (nSPS) is 11.7. The third kappa shape index (κ3) is 4.74. The summed E-state index contributed by atoms with van der Waals surface area (Å²) in [5.74, 6) is 0. The highest BCUT2D eigenvalue weighted by atomic mass is 35.5. The first-order valence-corrected chi connectivity index (χ1v) is 5.92. The van der Waals surface area contributed by atoms with Crippen LogP contribution in [-0.2, 0) is 6.54 Å². The van der Waals surface area contributed by atoms with Crippen molar-refractivity contribution in [1.29, 1.82) is 0 Å². The minimum absolute atomic E-state index is 0.0676. The fourth-order valence-corrected chi connectivity index (χ4v) is 1.87. The first-order valence-electron chi connectivity index (χ1n) is 5.54. The lowest BCUT2D eigenvalue weighted by Crippen LogP contribution is -2.25. The van der Waals surface area contributed by atoms with Crippen LogP contribution in [0.4, 0.5) is 18.9 Å². The maximum atomic E-state index is 12.2. The monoisotopic (exact) mass is 280 g/mol. The zero-order valence-electron chi connectivity index (χ0n) is 10.3. The zero-order chi connectivity index (χ0) is 13.8. The van der Waals surface area contributed by atoms with Crippen molar-refractivity contribution in [3.63, 3.8) is 0 Å². The summed E-state index contributed by atoms with van der Waals surface area (Å²) in [6.07, 6.45) is -4.96. The summed E-state index contributed by atoms with van der Waals surface area (Å²) in [7, 11) is 3.43. The van der Waals surface area contributed by atoms with E-state index in [9.17, 15) is 13.2 Å². The van der Waals surface area contributed by atoms with Gasteiger partial charge < -0.3 is 10.2 Å². The van der Waals surface area contributed by atoms with Crippen LogP contribution < -0.4 is 10.2 Å². The van der Waals surface area contributed by atoms with Crippen LogP contribution in [0.5, 0.6) is 0 Å². The Morgan fingerprint density at radius 1 is 1.33 bits per heavy atom. The Hall–Kier alpha value is -0.940. The van der Waals surface area contributed by atoms with E-state index in [0.29, 0.717) is 11.6 Å². The van der Waals surface area contributed by atoms with E-state index < -0.39 is 12.6 Å². The summed E-state index contributed by atoms with van der Waals surface area (Å²) in [5, 5.41) is 3.55. The molecule has 0 spiro atoms. The standard InChI is InChI=1S/C12H16ClF3N2/c1-17-8-9-7-10(13)3-4-11(9)18(2)6-5-12(14,15)16/h3-4,7,17H,5-6,8H2,1-2H3. The fraction of sp³-hybridized carbons (Fsp3) is 0.500. The SMILES string of the molecule is CNCc1cc(Cl)ccc1N(C)CCC(F)(F)F. The summed E-state index contributed by atoms with van der Waals surface area (Å²) in [5.41, 5.74) is 1.65. The highest BCUT2D eigenvalue weighted by Gasteiger charge is 2.27. The highest BCUT2D eigenvalue weighted by molar-refractivity contribution is 6.30. The van der Waals surface area contributed by atoms with Gasteiger partial charge in [-0.25, -0.2) is 0 Å². The van der Waals surface area contributed by atoms with Crippen molar-refractivity contribution < 1.29 is 13.2 Å². The molecule has 0 aliphatic heterocycles. The van der Waals surface area contributed by atoms with E-state index >= 15 is 0 Å². The van der Waals surface area contributed by atoms with Crippen molar-refractivity contribution in [3.05, 3.63) is 28.8 Å². The predicted molar refractivity (Wildman–Crippen MR) is 68.2 cm³/mol. The lowest BCUT2D eigenvalue weighted by Gasteiger charge is -2.23. The second-order valence-electron chi connectivity index (χ2n) is 4.09. The van der Waals surface area contributed by atoms with Crippen LogP contribution in [0.25, 0.3) is 0 Å². The van der Waals surface area contributed by atoms with Gasteiger partial charge in [0.15, 0.2) is 0 Å². The summed E-state index contributed by atoms with van der Waals surface area (Å²) in [4.78, 5) is 1.59. The van der Waals surface area contributed by atoms with Gasteiger partial charge in [0.2, 0.25) is 0 Å². The highest BCUT2D eigenvalue weighted by Crippen LogP contribution is 2.26. The van der Waals surface area contributed by atoms with Gasteiger partial charge in [0, 0.05) is 30.8 Å². The number of hydrogen-bond acceptors (Lipinski definition) is 2. The van der Waals surface area contributed by atoms with Crippen LogP contribution >= 0.6 is 11.6 Å². The van der Waals surface area contributed by atoms with Crippen molar-refractivity contribution >= 4 is 17.3 Å². The molecule has 1 N–H and O–H groups in total. The van der Waals surface area contributed by atoms with Crippen molar-refractivity contribution in [2.24, 2.45) is 0 Å². The number of halogens is 4. The van der Waals surface area contributed by atoms with Gasteiger partial charge in [-0.1, -0.05) is 11.6 Å². The van der Waals surface area contributed by atoms with Crippen LogP contribution in [0, 0.1) is 0 Å². The third-order valence-corrected chi connectivity index (χ3v) is 2.79. The molecule has 0 aliphatic carbocycles. The lowest BCUT2D eigenvalue weighted by molar-refractivity contribution is -0.132. The number of benzene rings is 1. The van der Waals surface area contributed by atoms with E-state index in [0.717, 1.165) is 11.3 Å². The maximum Gasteiger partial charge on any atom is 0.390 e. The maximum absolute atomic E-state index is 12.2. The molecule has 1 aromatic rings. The molecule has 1 aromatic carbocycles. The van der Waals surface area contributed by atoms with Gasteiger partial charge >= 0.3 is 6.18 Å². The molecular formula is C12H16ClF3N2. The molecule has 0 radical (unpaired) electrons. The number of alkyl halides is 3. The zero-order valence-corrected chi connectivity index (χ0v) is 11.1. The summed E-state index contributed by atoms with van der Waals surface area (Å²) < 4.78 is 36.6. The molecule has 1 rings (SSSR count). The van der Waals surface area contributed by atoms with E-state index in [-0.39, 0.29) is 6.54 Å². The smallest absolute Gasteiger partial charge is 0.374 e. The molecule has 0 fully saturated rings. The molecule has 0 saturated heterocycles. The molecule has 0 aromatic heterocycles. The number of nitrogens with one attached hydrogen (secondary N) is 1. The van der Waals surface area contributed by atoms with Crippen molar-refractivity contribution in [2.75, 3.05) is 25.5 Å². The summed E-state index contributed by atoms with van der Waals surface area (Å²) in [6, 6.07) is 5.18. The van der Waals surface area contributed by atoms with E-state index in [2.05, 4.69) is 5.32 Å². The number of anilines is 1. The first kappa shape index (κ1) is 15.1. The molecule has 18 heavy (non-hydrogen) atoms. The molecule has 6 heteroatoms. The Bertz CT molecular complexity index is 393. The molecule has 102 valence electrons. The van der Waals surface area contributed by atoms with Crippen molar-refractivity contribution in [2.45, 2.75) is 19.1 Å². The molecule has 0 amide bonds. The third-order valence-electron chi connectivity index (χ3n) is 2.55. The quantitative estimate of drug-likeness (QED) is 0.889. The number of rotatable bonds is 5. The van der Waals surface area contributed by atoms with Gasteiger partial charge in [-0.05, 0) is 30.8 Å². The van der Waals surface area contributed by atoms with E-state index in [1.54, 1.807) is 37.2 Å². The van der Waals surface area contributed by atoms with Crippen LogP contribution in [0.2, 0.25) is 5.02 Å². The summed E-state index contributed by atoms with van der Waals surface area (Å²) in [6.45, 7) is 0.494. The molecular weight excluding hydrogens is 265 g/mol. The molecule has 0 unspecified atom stereocenters. The van der Waals surface area contributed by atoms with E-state index in [1.165, 1.54) is 0 Å². The van der Waals surface area contributed by atoms with Gasteiger partial charge in [0.05, 0.1) is 6.42 Å². The van der Waals surface area contributed by atoms with Crippen LogP contribution in [0.3, 0.4) is 0 Å². The molecule has 0 bridgehead atoms. The van der Waals surface area contributed by atoms with Gasteiger partial charge in [0.25, 0.3) is 0 Å². The van der Waals surface area contributed by atoms with E-state index in [4.69, 9.17) is 11.6 Å². The van der Waals surface area contributed by atoms with Gasteiger partial charge in [0.1, 0.15) is 0 Å². The van der Waals surface area contributed by atoms with Crippen molar-refractivity contribution in [1.82, 2.24) is 5.32 Å². The Morgan fingerprint density at radius 3 is 2.56 bits per heavy atom. The average molecular weight is 281 g/mol. The molecule has 0 atom stereocenters. The largest absolute Gasteiger partial charge is 0.390 e. The molecule has 0 heterocycles. The Balaban J connectivity index is 2.80. The Labute approximate surface area is 110 Å². The minimum Gasteiger partial charge on any atom is -0.374 e. The van der Waals surface area contributed by atoms with Crippen molar-refractivity contribution in [3.8, 4) is 0 Å². The average Bonchev–Trinajstić information content (AvgIpc) is 2.25. The Kier molecular flexibility index (Phi) is 5.28. The topological polar surface area (TPSA) is 15.3 Å². The molecule has 0 saturated carbocycles. The van der Waals surface area contributed by atoms with Crippen LogP contribution in [-0.4, -0.2) is 26.8 Å². The number of nitrogens with zero attached hydrogens (tertiary/aromatic N) is 1. The Morgan fingerprint density at radius 2 is 2.00 bits per heavy atom. The van der Waals surface area contributed by atoms with Gasteiger partial charge in [-0.2, -0.15) is 13.2 Å². The minimum atomic E-state index is -4.14. The molecule has 0 aliphatic rings.